The summed E-state index contributed by atoms with van der Waals surface area (Å²) in [7, 11) is 0. The van der Waals surface area contributed by atoms with Crippen LogP contribution in [0.15, 0.2) is 12.1 Å². The summed E-state index contributed by atoms with van der Waals surface area (Å²) in [6, 6.07) is 2.94. The molecule has 4 nitrogen and oxygen atoms in total. The second-order valence-electron chi connectivity index (χ2n) is 4.29. The van der Waals surface area contributed by atoms with Crippen LogP contribution in [0.1, 0.15) is 0 Å². The van der Waals surface area contributed by atoms with Gasteiger partial charge >= 0.3 is 0 Å². The van der Waals surface area contributed by atoms with Crippen LogP contribution in [0.5, 0.6) is 11.5 Å². The number of benzene rings is 1. The third-order valence-electron chi connectivity index (χ3n) is 3.09. The number of hydrogen-bond donors (Lipinski definition) is 1. The van der Waals surface area contributed by atoms with Crippen molar-refractivity contribution in [3.8, 4) is 11.5 Å². The van der Waals surface area contributed by atoms with Gasteiger partial charge in [-0.15, -0.1) is 0 Å². The van der Waals surface area contributed by atoms with Gasteiger partial charge in [0.15, 0.2) is 23.6 Å². The molecular formula is C12H14F2N2O2. The molecule has 2 aliphatic heterocycles. The van der Waals surface area contributed by atoms with Crippen molar-refractivity contribution >= 4 is 5.69 Å². The fourth-order valence-electron chi connectivity index (χ4n) is 2.26. The van der Waals surface area contributed by atoms with Crippen molar-refractivity contribution in [1.82, 2.24) is 5.32 Å². The first-order valence-corrected chi connectivity index (χ1v) is 5.96. The molecule has 1 fully saturated rings. The van der Waals surface area contributed by atoms with Gasteiger partial charge < -0.3 is 14.4 Å². The highest BCUT2D eigenvalue weighted by Crippen LogP contribution is 2.41. The van der Waals surface area contributed by atoms with Crippen LogP contribution in [0.3, 0.4) is 0 Å². The molecule has 1 atom stereocenters. The molecule has 2 heterocycles. The maximum absolute atomic E-state index is 13.6. The molecular weight excluding hydrogens is 242 g/mol. The Balaban J connectivity index is 1.96. The summed E-state index contributed by atoms with van der Waals surface area (Å²) in [5.41, 5.74) is 0.690. The molecule has 1 unspecified atom stereocenters. The van der Waals surface area contributed by atoms with Crippen molar-refractivity contribution in [3.05, 3.63) is 17.9 Å². The summed E-state index contributed by atoms with van der Waals surface area (Å²) in [4.78, 5) is 1.84. The zero-order chi connectivity index (χ0) is 12.5. The third kappa shape index (κ3) is 1.96. The van der Waals surface area contributed by atoms with Gasteiger partial charge in [-0.2, -0.15) is 0 Å². The predicted octanol–water partition coefficient (Wildman–Crippen LogP) is 1.30. The number of piperazine rings is 1. The van der Waals surface area contributed by atoms with Gasteiger partial charge in [0.2, 0.25) is 0 Å². The molecule has 0 aromatic heterocycles. The molecule has 1 N–H and O–H groups in total. The number of hydrogen-bond acceptors (Lipinski definition) is 4. The third-order valence-corrected chi connectivity index (χ3v) is 3.09. The lowest BCUT2D eigenvalue weighted by Gasteiger charge is -2.34. The minimum Gasteiger partial charge on any atom is -0.484 e. The maximum Gasteiger partial charge on any atom is 0.199 e. The van der Waals surface area contributed by atoms with E-state index in [1.54, 1.807) is 6.07 Å². The summed E-state index contributed by atoms with van der Waals surface area (Å²) in [5.74, 6) is 0.0726. The van der Waals surface area contributed by atoms with Gasteiger partial charge in [-0.1, -0.05) is 0 Å². The van der Waals surface area contributed by atoms with Crippen LogP contribution >= 0.6 is 0 Å². The van der Waals surface area contributed by atoms with Crippen LogP contribution in [-0.2, 0) is 0 Å². The van der Waals surface area contributed by atoms with Crippen molar-refractivity contribution in [1.29, 1.82) is 0 Å². The standard InChI is InChI=1S/C12H14F2N2O2/c13-8-1-2-9(12-11(8)17-5-6-18-12)16-4-3-15-10(14)7-16/h1-2,10,15H,3-7H2. The van der Waals surface area contributed by atoms with Gasteiger partial charge in [-0.05, 0) is 12.1 Å². The minimum absolute atomic E-state index is 0.132. The smallest absolute Gasteiger partial charge is 0.199 e. The fourth-order valence-corrected chi connectivity index (χ4v) is 2.26. The van der Waals surface area contributed by atoms with Crippen molar-refractivity contribution < 1.29 is 18.3 Å². The lowest BCUT2D eigenvalue weighted by Crippen LogP contribution is -2.48. The maximum atomic E-state index is 13.6. The average Bonchev–Trinajstić information content (AvgIpc) is 2.39. The highest BCUT2D eigenvalue weighted by Gasteiger charge is 2.26. The first-order valence-electron chi connectivity index (χ1n) is 5.96. The van der Waals surface area contributed by atoms with E-state index in [2.05, 4.69) is 5.32 Å². The number of halogens is 2. The number of alkyl halides is 1. The van der Waals surface area contributed by atoms with Crippen LogP contribution in [0.2, 0.25) is 0 Å². The second-order valence-corrected chi connectivity index (χ2v) is 4.29. The molecule has 0 aliphatic carbocycles. The van der Waals surface area contributed by atoms with Gasteiger partial charge in [-0.3, -0.25) is 5.32 Å². The lowest BCUT2D eigenvalue weighted by molar-refractivity contribution is 0.164. The van der Waals surface area contributed by atoms with E-state index in [-0.39, 0.29) is 12.3 Å². The molecule has 6 heteroatoms. The van der Waals surface area contributed by atoms with Crippen molar-refractivity contribution in [2.45, 2.75) is 6.30 Å². The zero-order valence-electron chi connectivity index (χ0n) is 9.79. The quantitative estimate of drug-likeness (QED) is 0.768. The highest BCUT2D eigenvalue weighted by atomic mass is 19.1. The Bertz CT molecular complexity index is 456. The Labute approximate surface area is 103 Å². The largest absolute Gasteiger partial charge is 0.484 e. The van der Waals surface area contributed by atoms with Crippen molar-refractivity contribution in [2.24, 2.45) is 0 Å². The zero-order valence-corrected chi connectivity index (χ0v) is 9.79. The van der Waals surface area contributed by atoms with E-state index in [0.29, 0.717) is 37.7 Å². The number of nitrogens with zero attached hydrogens (tertiary/aromatic N) is 1. The highest BCUT2D eigenvalue weighted by molar-refractivity contribution is 5.66. The average molecular weight is 256 g/mol. The van der Waals surface area contributed by atoms with E-state index in [1.165, 1.54) is 6.07 Å². The molecule has 0 saturated carbocycles. The Hall–Kier alpha value is -1.56. The van der Waals surface area contributed by atoms with E-state index in [1.807, 2.05) is 4.90 Å². The molecule has 1 aromatic carbocycles. The number of rotatable bonds is 1. The van der Waals surface area contributed by atoms with E-state index in [9.17, 15) is 8.78 Å². The molecule has 1 aromatic rings. The summed E-state index contributed by atoms with van der Waals surface area (Å²) < 4.78 is 37.7. The molecule has 1 saturated heterocycles. The van der Waals surface area contributed by atoms with Gasteiger partial charge in [0.1, 0.15) is 13.2 Å². The van der Waals surface area contributed by atoms with Crippen molar-refractivity contribution in [3.63, 3.8) is 0 Å². The van der Waals surface area contributed by atoms with Crippen LogP contribution < -0.4 is 19.7 Å². The summed E-state index contributed by atoms with van der Waals surface area (Å²) in [6.07, 6.45) is -1.08. The summed E-state index contributed by atoms with van der Waals surface area (Å²) >= 11 is 0. The van der Waals surface area contributed by atoms with Gasteiger partial charge in [0.05, 0.1) is 12.2 Å². The molecule has 0 bridgehead atoms. The first kappa shape index (κ1) is 11.5. The Morgan fingerprint density at radius 1 is 1.22 bits per heavy atom. The Kier molecular flexibility index (Phi) is 2.95. The van der Waals surface area contributed by atoms with Gasteiger partial charge in [0, 0.05) is 13.1 Å². The van der Waals surface area contributed by atoms with E-state index < -0.39 is 12.1 Å². The molecule has 2 aliphatic rings. The number of anilines is 1. The lowest BCUT2D eigenvalue weighted by atomic mass is 10.2. The topological polar surface area (TPSA) is 33.7 Å². The molecule has 0 spiro atoms. The first-order chi connectivity index (χ1) is 8.75. The summed E-state index contributed by atoms with van der Waals surface area (Å²) in [5, 5.41) is 2.72. The number of nitrogens with one attached hydrogen (secondary N) is 1. The van der Waals surface area contributed by atoms with E-state index in [4.69, 9.17) is 9.47 Å². The monoisotopic (exact) mass is 256 g/mol. The van der Waals surface area contributed by atoms with Crippen LogP contribution in [0.4, 0.5) is 14.5 Å². The summed E-state index contributed by atoms with van der Waals surface area (Å²) in [6.45, 7) is 2.15. The molecule has 18 heavy (non-hydrogen) atoms. The Morgan fingerprint density at radius 2 is 2.00 bits per heavy atom. The predicted molar refractivity (Wildman–Crippen MR) is 62.5 cm³/mol. The van der Waals surface area contributed by atoms with E-state index >= 15 is 0 Å². The van der Waals surface area contributed by atoms with Gasteiger partial charge in [0.25, 0.3) is 0 Å². The fraction of sp³-hybridized carbons (Fsp3) is 0.500. The number of ether oxygens (including phenoxy) is 2. The SMILES string of the molecule is Fc1ccc(N2CCNC(F)C2)c2c1OCCO2. The Morgan fingerprint density at radius 3 is 2.78 bits per heavy atom. The van der Waals surface area contributed by atoms with Crippen molar-refractivity contribution in [2.75, 3.05) is 37.7 Å². The van der Waals surface area contributed by atoms with Gasteiger partial charge in [-0.25, -0.2) is 8.78 Å². The number of fused-ring (bicyclic) bond motifs is 1. The van der Waals surface area contributed by atoms with E-state index in [0.717, 1.165) is 0 Å². The van der Waals surface area contributed by atoms with Crippen LogP contribution in [-0.4, -0.2) is 39.1 Å². The molecule has 0 radical (unpaired) electrons. The van der Waals surface area contributed by atoms with Crippen LogP contribution in [0, 0.1) is 5.82 Å². The second kappa shape index (κ2) is 4.61. The molecule has 98 valence electrons. The minimum atomic E-state index is -1.08. The molecule has 3 rings (SSSR count). The molecule has 0 amide bonds. The normalized spacial score (nSPS) is 23.0. The van der Waals surface area contributed by atoms with Crippen LogP contribution in [0.25, 0.3) is 0 Å².